The molecule has 32 heavy (non-hydrogen) atoms. The Morgan fingerprint density at radius 1 is 0.875 bits per heavy atom. The molecule has 0 saturated carbocycles. The summed E-state index contributed by atoms with van der Waals surface area (Å²) in [5.41, 5.74) is 3.19. The Labute approximate surface area is 187 Å². The first-order valence-electron chi connectivity index (χ1n) is 10.9. The molecule has 1 aliphatic carbocycles. The summed E-state index contributed by atoms with van der Waals surface area (Å²) in [4.78, 5) is 28.5. The maximum atomic E-state index is 13.5. The van der Waals surface area contributed by atoms with Crippen LogP contribution in [0.2, 0.25) is 0 Å². The number of Topliss-reactive ketones (excluding diaryl/α,β-unsaturated/α-hetero) is 1. The van der Waals surface area contributed by atoms with Crippen molar-refractivity contribution in [3.05, 3.63) is 77.5 Å². The average molecular weight is 428 g/mol. The molecule has 0 fully saturated rings. The first-order chi connectivity index (χ1) is 15.6. The van der Waals surface area contributed by atoms with Crippen LogP contribution >= 0.6 is 0 Å². The number of carbonyl (C=O) groups excluding carboxylic acids is 2. The number of nitrogens with zero attached hydrogens (tertiary/aromatic N) is 1. The maximum absolute atomic E-state index is 13.5. The zero-order chi connectivity index (χ0) is 22.2. The summed E-state index contributed by atoms with van der Waals surface area (Å²) < 4.78 is 11.0. The number of allylic oxidation sites excluding steroid dienone is 2. The van der Waals surface area contributed by atoms with Crippen molar-refractivity contribution in [1.82, 2.24) is 0 Å². The molecule has 0 saturated heterocycles. The van der Waals surface area contributed by atoms with E-state index >= 15 is 0 Å². The van der Waals surface area contributed by atoms with Gasteiger partial charge in [0.05, 0.1) is 14.2 Å². The van der Waals surface area contributed by atoms with Gasteiger partial charge in [-0.3, -0.25) is 14.5 Å². The van der Waals surface area contributed by atoms with Gasteiger partial charge in [0, 0.05) is 41.3 Å². The van der Waals surface area contributed by atoms with Gasteiger partial charge in [0.1, 0.15) is 11.5 Å². The molecule has 0 aromatic heterocycles. The lowest BCUT2D eigenvalue weighted by atomic mass is 9.76. The van der Waals surface area contributed by atoms with E-state index in [9.17, 15) is 9.59 Å². The van der Waals surface area contributed by atoms with Crippen LogP contribution in [0.4, 0.5) is 5.69 Å². The predicted octanol–water partition coefficient (Wildman–Crippen LogP) is 5.38. The fraction of sp³-hybridized carbons (Fsp3) is 0.259. The van der Waals surface area contributed by atoms with Crippen LogP contribution in [0.5, 0.6) is 11.5 Å². The minimum Gasteiger partial charge on any atom is -0.497 e. The van der Waals surface area contributed by atoms with Gasteiger partial charge in [0.15, 0.2) is 5.78 Å². The van der Waals surface area contributed by atoms with Crippen molar-refractivity contribution in [1.29, 1.82) is 0 Å². The Morgan fingerprint density at radius 3 is 2.47 bits per heavy atom. The van der Waals surface area contributed by atoms with Gasteiger partial charge in [-0.1, -0.05) is 30.3 Å². The van der Waals surface area contributed by atoms with E-state index in [4.69, 9.17) is 9.47 Å². The molecule has 2 aliphatic rings. The third kappa shape index (κ3) is 3.34. The molecular formula is C27H25NO4. The fourth-order valence-electron chi connectivity index (χ4n) is 4.99. The Morgan fingerprint density at radius 2 is 1.69 bits per heavy atom. The lowest BCUT2D eigenvalue weighted by molar-refractivity contribution is -0.119. The highest BCUT2D eigenvalue weighted by molar-refractivity contribution is 6.08. The molecule has 162 valence electrons. The van der Waals surface area contributed by atoms with Crippen LogP contribution in [0, 0.1) is 0 Å². The maximum Gasteiger partial charge on any atom is 0.232 e. The normalized spacial score (nSPS) is 18.7. The topological polar surface area (TPSA) is 55.8 Å². The number of ether oxygens (including phenoxy) is 2. The van der Waals surface area contributed by atoms with Crippen molar-refractivity contribution in [2.75, 3.05) is 19.1 Å². The number of hydrogen-bond donors (Lipinski definition) is 0. The largest absolute Gasteiger partial charge is 0.497 e. The number of hydrogen-bond acceptors (Lipinski definition) is 4. The Kier molecular flexibility index (Phi) is 5.17. The van der Waals surface area contributed by atoms with Gasteiger partial charge in [-0.25, -0.2) is 0 Å². The van der Waals surface area contributed by atoms with Gasteiger partial charge in [-0.15, -0.1) is 0 Å². The van der Waals surface area contributed by atoms with E-state index in [1.807, 2.05) is 54.6 Å². The molecule has 0 N–H and O–H groups in total. The summed E-state index contributed by atoms with van der Waals surface area (Å²) in [5.74, 6) is 1.10. The molecule has 3 aromatic rings. The molecule has 0 bridgehead atoms. The number of carbonyl (C=O) groups is 2. The molecule has 0 radical (unpaired) electrons. The first-order valence-corrected chi connectivity index (χ1v) is 10.9. The van der Waals surface area contributed by atoms with Crippen LogP contribution in [-0.2, 0) is 9.59 Å². The van der Waals surface area contributed by atoms with Crippen molar-refractivity contribution >= 4 is 28.2 Å². The molecule has 1 atom stereocenters. The molecule has 1 aliphatic heterocycles. The summed E-state index contributed by atoms with van der Waals surface area (Å²) in [6.45, 7) is 0. The highest BCUT2D eigenvalue weighted by atomic mass is 16.5. The standard InChI is InChI=1S/C27H25NO4/c1-31-20-12-13-25(32-2)21(15-20)22-16-26(30)28(23-8-5-9-24(29)27(22)23)19-11-10-17-6-3-4-7-18(17)14-19/h3-4,6-7,10-15,22H,5,8-9,16H2,1-2H3. The lowest BCUT2D eigenvalue weighted by Crippen LogP contribution is -2.40. The highest BCUT2D eigenvalue weighted by Gasteiger charge is 2.40. The second kappa shape index (κ2) is 8.15. The summed E-state index contributed by atoms with van der Waals surface area (Å²) >= 11 is 0. The Bertz CT molecular complexity index is 1260. The number of amides is 1. The molecule has 5 rings (SSSR count). The number of methoxy groups -OCH3 is 2. The molecule has 1 amide bonds. The van der Waals surface area contributed by atoms with Crippen LogP contribution < -0.4 is 14.4 Å². The molecule has 5 heteroatoms. The van der Waals surface area contributed by atoms with Crippen molar-refractivity contribution < 1.29 is 19.1 Å². The second-order valence-corrected chi connectivity index (χ2v) is 8.26. The number of fused-ring (bicyclic) bond motifs is 1. The van der Waals surface area contributed by atoms with Gasteiger partial charge in [0.25, 0.3) is 0 Å². The summed E-state index contributed by atoms with van der Waals surface area (Å²) in [6.07, 6.45) is 2.15. The van der Waals surface area contributed by atoms with Crippen LogP contribution in [-0.4, -0.2) is 25.9 Å². The van der Waals surface area contributed by atoms with Crippen molar-refractivity contribution in [2.24, 2.45) is 0 Å². The van der Waals surface area contributed by atoms with E-state index in [2.05, 4.69) is 6.07 Å². The predicted molar refractivity (Wildman–Crippen MR) is 124 cm³/mol. The highest BCUT2D eigenvalue weighted by Crippen LogP contribution is 2.46. The first kappa shape index (κ1) is 20.3. The zero-order valence-corrected chi connectivity index (χ0v) is 18.3. The van der Waals surface area contributed by atoms with E-state index in [-0.39, 0.29) is 24.0 Å². The van der Waals surface area contributed by atoms with Crippen LogP contribution in [0.3, 0.4) is 0 Å². The summed E-state index contributed by atoms with van der Waals surface area (Å²) in [6, 6.07) is 19.7. The van der Waals surface area contributed by atoms with Crippen LogP contribution in [0.15, 0.2) is 71.9 Å². The Balaban J connectivity index is 1.67. The van der Waals surface area contributed by atoms with E-state index in [1.165, 1.54) is 0 Å². The molecule has 0 spiro atoms. The van der Waals surface area contributed by atoms with Gasteiger partial charge in [-0.05, 0) is 53.9 Å². The fourth-order valence-corrected chi connectivity index (χ4v) is 4.99. The van der Waals surface area contributed by atoms with E-state index < -0.39 is 0 Å². The minimum absolute atomic E-state index is 0.0106. The smallest absolute Gasteiger partial charge is 0.232 e. The third-order valence-electron chi connectivity index (χ3n) is 6.48. The van der Waals surface area contributed by atoms with E-state index in [0.717, 1.165) is 39.7 Å². The van der Waals surface area contributed by atoms with Gasteiger partial charge < -0.3 is 9.47 Å². The number of rotatable bonds is 4. The van der Waals surface area contributed by atoms with E-state index in [1.54, 1.807) is 19.1 Å². The number of anilines is 1. The molecule has 1 unspecified atom stereocenters. The SMILES string of the molecule is COc1ccc(OC)c(C2CC(=O)N(c3ccc4ccccc4c3)C3=C2C(=O)CCC3)c1. The van der Waals surface area contributed by atoms with Gasteiger partial charge in [0.2, 0.25) is 5.91 Å². The van der Waals surface area contributed by atoms with E-state index in [0.29, 0.717) is 24.3 Å². The molecule has 3 aromatic carbocycles. The summed E-state index contributed by atoms with van der Waals surface area (Å²) in [5, 5.41) is 2.19. The number of benzene rings is 3. The third-order valence-corrected chi connectivity index (χ3v) is 6.48. The van der Waals surface area contributed by atoms with Crippen molar-refractivity contribution in [3.63, 3.8) is 0 Å². The monoisotopic (exact) mass is 427 g/mol. The minimum atomic E-state index is -0.341. The average Bonchev–Trinajstić information content (AvgIpc) is 2.83. The Hall–Kier alpha value is -3.60. The summed E-state index contributed by atoms with van der Waals surface area (Å²) in [7, 11) is 3.21. The van der Waals surface area contributed by atoms with Gasteiger partial charge >= 0.3 is 0 Å². The second-order valence-electron chi connectivity index (χ2n) is 8.26. The molecule has 5 nitrogen and oxygen atoms in total. The molecule has 1 heterocycles. The zero-order valence-electron chi connectivity index (χ0n) is 18.3. The lowest BCUT2D eigenvalue weighted by Gasteiger charge is -2.38. The molecular weight excluding hydrogens is 402 g/mol. The number of ketones is 1. The van der Waals surface area contributed by atoms with Crippen LogP contribution in [0.1, 0.15) is 37.2 Å². The quantitative estimate of drug-likeness (QED) is 0.561. The van der Waals surface area contributed by atoms with Crippen molar-refractivity contribution in [2.45, 2.75) is 31.6 Å². The van der Waals surface area contributed by atoms with Crippen molar-refractivity contribution in [3.8, 4) is 11.5 Å². The van der Waals surface area contributed by atoms with Crippen LogP contribution in [0.25, 0.3) is 10.8 Å². The van der Waals surface area contributed by atoms with Gasteiger partial charge in [-0.2, -0.15) is 0 Å².